The smallest absolute Gasteiger partial charge is 0.273 e. The first-order chi connectivity index (χ1) is 19.0. The number of aromatic nitrogens is 5. The van der Waals surface area contributed by atoms with E-state index >= 15 is 0 Å². The molecule has 2 aromatic heterocycles. The number of benzene rings is 1. The molecule has 0 spiro atoms. The van der Waals surface area contributed by atoms with Crippen molar-refractivity contribution in [3.63, 3.8) is 0 Å². The summed E-state index contributed by atoms with van der Waals surface area (Å²) in [5, 5.41) is 14.7. The van der Waals surface area contributed by atoms with Crippen molar-refractivity contribution in [2.75, 3.05) is 88.6 Å². The van der Waals surface area contributed by atoms with Gasteiger partial charge in [0.15, 0.2) is 16.7 Å². The lowest BCUT2D eigenvalue weighted by molar-refractivity contribution is 0.0374. The molecule has 2 aliphatic rings. The largest absolute Gasteiger partial charge is 0.393 e. The molecule has 1 aromatic carbocycles. The van der Waals surface area contributed by atoms with Gasteiger partial charge in [-0.3, -0.25) is 9.69 Å². The Morgan fingerprint density at radius 3 is 2.72 bits per heavy atom. The summed E-state index contributed by atoms with van der Waals surface area (Å²) in [6.45, 7) is 8.56. The topological polar surface area (TPSA) is 143 Å². The lowest BCUT2D eigenvalue weighted by atomic mass is 10.2. The third kappa shape index (κ3) is 6.74. The normalized spacial score (nSPS) is 16.8. The van der Waals surface area contributed by atoms with Crippen LogP contribution in [0.5, 0.6) is 0 Å². The second-order valence-corrected chi connectivity index (χ2v) is 10.0. The van der Waals surface area contributed by atoms with E-state index in [0.29, 0.717) is 12.4 Å². The van der Waals surface area contributed by atoms with Gasteiger partial charge in [0.25, 0.3) is 5.91 Å². The third-order valence-corrected chi connectivity index (χ3v) is 7.24. The van der Waals surface area contributed by atoms with Gasteiger partial charge in [-0.25, -0.2) is 14.6 Å². The Labute approximate surface area is 232 Å². The van der Waals surface area contributed by atoms with E-state index in [0.717, 1.165) is 82.5 Å². The number of nitrogen functional groups attached to an aromatic ring is 1. The number of carbonyl (C=O) groups excluding carboxylic acids is 1. The van der Waals surface area contributed by atoms with Crippen LogP contribution in [-0.4, -0.2) is 113 Å². The van der Waals surface area contributed by atoms with Crippen LogP contribution >= 0.6 is 11.6 Å². The Bertz CT molecular complexity index is 1270. The lowest BCUT2D eigenvalue weighted by Gasteiger charge is -2.35. The number of piperazine rings is 1. The van der Waals surface area contributed by atoms with E-state index in [1.807, 2.05) is 18.2 Å². The molecule has 0 radical (unpaired) electrons. The minimum absolute atomic E-state index is 0.182. The SMILES string of the molecule is CN1CCN(c2ccc(-n3cc(C(=O)NCCCN4CCOCC4)nn3)cc2Nc2ncnc(Cl)c2N)CC1. The fourth-order valence-electron chi connectivity index (χ4n) is 4.60. The van der Waals surface area contributed by atoms with Gasteiger partial charge in [0.05, 0.1) is 36.5 Å². The molecule has 0 atom stereocenters. The van der Waals surface area contributed by atoms with Crippen LogP contribution in [0.3, 0.4) is 0 Å². The zero-order chi connectivity index (χ0) is 27.2. The fourth-order valence-corrected chi connectivity index (χ4v) is 4.74. The first-order valence-electron chi connectivity index (χ1n) is 13.1. The van der Waals surface area contributed by atoms with Gasteiger partial charge < -0.3 is 30.9 Å². The van der Waals surface area contributed by atoms with Gasteiger partial charge in [0.2, 0.25) is 0 Å². The average Bonchev–Trinajstić information content (AvgIpc) is 3.45. The van der Waals surface area contributed by atoms with E-state index in [9.17, 15) is 4.79 Å². The lowest BCUT2D eigenvalue weighted by Crippen LogP contribution is -2.44. The van der Waals surface area contributed by atoms with E-state index in [-0.39, 0.29) is 22.4 Å². The molecular formula is C25H34ClN11O2. The van der Waals surface area contributed by atoms with E-state index in [2.05, 4.69) is 52.7 Å². The van der Waals surface area contributed by atoms with Crippen LogP contribution in [0.1, 0.15) is 16.9 Å². The second kappa shape index (κ2) is 12.6. The van der Waals surface area contributed by atoms with Crippen LogP contribution in [0, 0.1) is 0 Å². The number of amides is 1. The Morgan fingerprint density at radius 1 is 1.13 bits per heavy atom. The molecule has 4 heterocycles. The summed E-state index contributed by atoms with van der Waals surface area (Å²) in [6.07, 6.45) is 3.85. The number of anilines is 4. The maximum atomic E-state index is 12.7. The minimum Gasteiger partial charge on any atom is -0.393 e. The summed E-state index contributed by atoms with van der Waals surface area (Å²) in [6, 6.07) is 5.91. The molecule has 39 heavy (non-hydrogen) atoms. The van der Waals surface area contributed by atoms with Gasteiger partial charge in [-0.15, -0.1) is 5.10 Å². The Balaban J connectivity index is 1.30. The molecule has 2 saturated heterocycles. The molecule has 0 saturated carbocycles. The van der Waals surface area contributed by atoms with E-state index in [1.54, 1.807) is 10.9 Å². The number of nitrogens with one attached hydrogen (secondary N) is 2. The maximum Gasteiger partial charge on any atom is 0.273 e. The Morgan fingerprint density at radius 2 is 1.92 bits per heavy atom. The molecule has 0 bridgehead atoms. The summed E-state index contributed by atoms with van der Waals surface area (Å²) in [5.41, 5.74) is 9.17. The summed E-state index contributed by atoms with van der Waals surface area (Å²) in [4.78, 5) is 27.8. The predicted octanol–water partition coefficient (Wildman–Crippen LogP) is 1.24. The Kier molecular flexibility index (Phi) is 8.71. The number of rotatable bonds is 9. The van der Waals surface area contributed by atoms with Crippen molar-refractivity contribution in [1.82, 2.24) is 40.1 Å². The zero-order valence-electron chi connectivity index (χ0n) is 22.0. The third-order valence-electron chi connectivity index (χ3n) is 6.94. The van der Waals surface area contributed by atoms with Crippen molar-refractivity contribution in [3.05, 3.63) is 41.6 Å². The highest BCUT2D eigenvalue weighted by Gasteiger charge is 2.20. The fraction of sp³-hybridized carbons (Fsp3) is 0.480. The summed E-state index contributed by atoms with van der Waals surface area (Å²) < 4.78 is 6.96. The molecule has 208 valence electrons. The highest BCUT2D eigenvalue weighted by atomic mass is 35.5. The molecule has 1 amide bonds. The summed E-state index contributed by atoms with van der Waals surface area (Å²) in [5.74, 6) is 0.164. The first-order valence-corrected chi connectivity index (χ1v) is 13.5. The van der Waals surface area contributed by atoms with Crippen molar-refractivity contribution >= 4 is 40.4 Å². The maximum absolute atomic E-state index is 12.7. The molecule has 3 aromatic rings. The van der Waals surface area contributed by atoms with Crippen molar-refractivity contribution in [2.45, 2.75) is 6.42 Å². The van der Waals surface area contributed by atoms with Crippen LogP contribution in [0.4, 0.5) is 22.9 Å². The molecule has 14 heteroatoms. The highest BCUT2D eigenvalue weighted by molar-refractivity contribution is 6.32. The van der Waals surface area contributed by atoms with Crippen LogP contribution in [0.2, 0.25) is 5.15 Å². The summed E-state index contributed by atoms with van der Waals surface area (Å²) in [7, 11) is 2.12. The van der Waals surface area contributed by atoms with Crippen molar-refractivity contribution in [3.8, 4) is 5.69 Å². The predicted molar refractivity (Wildman–Crippen MR) is 150 cm³/mol. The number of nitrogens with zero attached hydrogens (tertiary/aromatic N) is 8. The molecule has 2 aliphatic heterocycles. The number of carbonyl (C=O) groups is 1. The zero-order valence-corrected chi connectivity index (χ0v) is 22.8. The summed E-state index contributed by atoms with van der Waals surface area (Å²) >= 11 is 6.13. The molecule has 13 nitrogen and oxygen atoms in total. The monoisotopic (exact) mass is 555 g/mol. The van der Waals surface area contributed by atoms with Crippen LogP contribution < -0.4 is 21.3 Å². The number of ether oxygens (including phenoxy) is 1. The van der Waals surface area contributed by atoms with Crippen LogP contribution in [-0.2, 0) is 4.74 Å². The van der Waals surface area contributed by atoms with Crippen LogP contribution in [0.25, 0.3) is 5.69 Å². The van der Waals surface area contributed by atoms with E-state index < -0.39 is 0 Å². The van der Waals surface area contributed by atoms with Gasteiger partial charge in [-0.05, 0) is 38.2 Å². The standard InChI is InChI=1S/C25H34ClN11O2/c1-34-7-9-36(10-8-34)21-4-3-18(15-19(21)31-24-22(27)23(26)29-17-30-24)37-16-20(32-33-37)25(38)28-5-2-6-35-11-13-39-14-12-35/h3-4,15-17H,2,5-14,27H2,1H3,(H,28,38)(H,29,30,31). The average molecular weight is 556 g/mol. The molecule has 4 N–H and O–H groups in total. The highest BCUT2D eigenvalue weighted by Crippen LogP contribution is 2.34. The van der Waals surface area contributed by atoms with Gasteiger partial charge in [-0.2, -0.15) is 0 Å². The minimum atomic E-state index is -0.251. The van der Waals surface area contributed by atoms with Crippen molar-refractivity contribution in [1.29, 1.82) is 0 Å². The van der Waals surface area contributed by atoms with E-state index in [1.165, 1.54) is 6.33 Å². The van der Waals surface area contributed by atoms with Crippen LogP contribution in [0.15, 0.2) is 30.7 Å². The molecule has 0 unspecified atom stereocenters. The van der Waals surface area contributed by atoms with Gasteiger partial charge in [0.1, 0.15) is 12.0 Å². The van der Waals surface area contributed by atoms with Gasteiger partial charge in [0, 0.05) is 45.8 Å². The molecule has 0 aliphatic carbocycles. The molecule has 5 rings (SSSR count). The number of nitrogens with two attached hydrogens (primary N) is 1. The number of morpholine rings is 1. The number of halogens is 1. The molecule has 2 fully saturated rings. The quantitative estimate of drug-likeness (QED) is 0.259. The van der Waals surface area contributed by atoms with Gasteiger partial charge in [-0.1, -0.05) is 16.8 Å². The number of likely N-dealkylation sites (N-methyl/N-ethyl adjacent to an activating group) is 1. The van der Waals surface area contributed by atoms with E-state index in [4.69, 9.17) is 22.1 Å². The second-order valence-electron chi connectivity index (χ2n) is 9.66. The number of hydrogen-bond donors (Lipinski definition) is 3. The molecular weight excluding hydrogens is 522 g/mol. The Hall–Kier alpha value is -3.52. The van der Waals surface area contributed by atoms with Crippen molar-refractivity contribution in [2.24, 2.45) is 0 Å². The van der Waals surface area contributed by atoms with Crippen molar-refractivity contribution < 1.29 is 9.53 Å². The van der Waals surface area contributed by atoms with Gasteiger partial charge >= 0.3 is 0 Å². The number of hydrogen-bond acceptors (Lipinski definition) is 11. The first kappa shape index (κ1) is 27.1.